The molecular formula is C16H12ClF3N4O4. The molecule has 0 radical (unpaired) electrons. The molecule has 1 unspecified atom stereocenters. The Morgan fingerprint density at radius 1 is 1.18 bits per heavy atom. The van der Waals surface area contributed by atoms with Crippen LogP contribution in [0, 0.1) is 0 Å². The van der Waals surface area contributed by atoms with E-state index in [1.807, 2.05) is 5.32 Å². The quantitative estimate of drug-likeness (QED) is 0.635. The number of aromatic amines is 1. The normalized spacial score (nSPS) is 18.5. The van der Waals surface area contributed by atoms with Crippen LogP contribution in [0.2, 0.25) is 0 Å². The third-order valence-electron chi connectivity index (χ3n) is 4.20. The zero-order valence-electron chi connectivity index (χ0n) is 13.9. The Kier molecular flexibility index (Phi) is 4.79. The first-order chi connectivity index (χ1) is 13.1. The Hall–Kier alpha value is -3.08. The number of benzene rings is 1. The lowest BCUT2D eigenvalue weighted by Crippen LogP contribution is -2.62. The maximum atomic E-state index is 13.9. The summed E-state index contributed by atoms with van der Waals surface area (Å²) in [6, 6.07) is 8.19. The molecule has 0 saturated carbocycles. The van der Waals surface area contributed by atoms with Crippen LogP contribution in [-0.2, 0) is 21.7 Å². The van der Waals surface area contributed by atoms with Crippen molar-refractivity contribution in [2.75, 3.05) is 11.2 Å². The SMILES string of the molecule is O=C(CCl)NC1(C(F)(F)F)C(=O)Nc2c1c(=O)[nH]c(=O)n2Cc1ccccc1. The molecule has 1 atom stereocenters. The molecule has 0 spiro atoms. The summed E-state index contributed by atoms with van der Waals surface area (Å²) in [6.07, 6.45) is -5.38. The van der Waals surface area contributed by atoms with E-state index in [0.717, 1.165) is 4.57 Å². The van der Waals surface area contributed by atoms with Gasteiger partial charge in [-0.25, -0.2) is 4.79 Å². The highest BCUT2D eigenvalue weighted by atomic mass is 35.5. The van der Waals surface area contributed by atoms with Crippen molar-refractivity contribution in [1.29, 1.82) is 0 Å². The van der Waals surface area contributed by atoms with Gasteiger partial charge in [0.2, 0.25) is 11.4 Å². The summed E-state index contributed by atoms with van der Waals surface area (Å²) in [4.78, 5) is 50.2. The molecule has 1 aromatic carbocycles. The second-order valence-electron chi connectivity index (χ2n) is 5.94. The van der Waals surface area contributed by atoms with Crippen molar-refractivity contribution >= 4 is 29.2 Å². The first kappa shape index (κ1) is 19.7. The van der Waals surface area contributed by atoms with Gasteiger partial charge in [0.15, 0.2) is 0 Å². The summed E-state index contributed by atoms with van der Waals surface area (Å²) in [5.74, 6) is -4.55. The topological polar surface area (TPSA) is 113 Å². The largest absolute Gasteiger partial charge is 0.425 e. The summed E-state index contributed by atoms with van der Waals surface area (Å²) in [7, 11) is 0. The molecule has 2 aromatic rings. The van der Waals surface area contributed by atoms with Gasteiger partial charge in [0.25, 0.3) is 11.5 Å². The number of amides is 2. The van der Waals surface area contributed by atoms with Crippen LogP contribution in [-0.4, -0.2) is 33.4 Å². The van der Waals surface area contributed by atoms with Crippen LogP contribution in [0.4, 0.5) is 19.0 Å². The predicted molar refractivity (Wildman–Crippen MR) is 92.1 cm³/mol. The van der Waals surface area contributed by atoms with Crippen LogP contribution in [0.5, 0.6) is 0 Å². The van der Waals surface area contributed by atoms with Gasteiger partial charge in [-0.15, -0.1) is 11.6 Å². The van der Waals surface area contributed by atoms with Gasteiger partial charge in [0.05, 0.1) is 6.54 Å². The highest BCUT2D eigenvalue weighted by Gasteiger charge is 2.68. The van der Waals surface area contributed by atoms with E-state index in [-0.39, 0.29) is 6.54 Å². The molecule has 148 valence electrons. The fourth-order valence-electron chi connectivity index (χ4n) is 2.98. The predicted octanol–water partition coefficient (Wildman–Crippen LogP) is 0.650. The maximum absolute atomic E-state index is 13.9. The van der Waals surface area contributed by atoms with E-state index in [2.05, 4.69) is 0 Å². The minimum atomic E-state index is -5.38. The van der Waals surface area contributed by atoms with Gasteiger partial charge < -0.3 is 10.6 Å². The van der Waals surface area contributed by atoms with Crippen molar-refractivity contribution in [2.24, 2.45) is 0 Å². The molecule has 2 amide bonds. The second kappa shape index (κ2) is 6.82. The highest BCUT2D eigenvalue weighted by molar-refractivity contribution is 6.27. The van der Waals surface area contributed by atoms with E-state index < -0.39 is 52.0 Å². The number of anilines is 1. The van der Waals surface area contributed by atoms with Gasteiger partial charge >= 0.3 is 11.9 Å². The number of H-pyrrole nitrogens is 1. The number of rotatable bonds is 4. The zero-order chi connectivity index (χ0) is 20.7. The summed E-state index contributed by atoms with van der Waals surface area (Å²) in [6.45, 7) is -0.226. The Labute approximate surface area is 159 Å². The standard InChI is InChI=1S/C16H12ClF3N4O4/c17-6-9(25)23-15(16(18,19)20)10-11(21-13(15)27)24(14(28)22-12(10)26)7-8-4-2-1-3-5-8/h1-5H,6-7H2,(H,21,27)(H,23,25)(H,22,26,28). The van der Waals surface area contributed by atoms with Crippen molar-refractivity contribution in [3.8, 4) is 0 Å². The van der Waals surface area contributed by atoms with E-state index in [1.54, 1.807) is 35.3 Å². The van der Waals surface area contributed by atoms with Crippen LogP contribution < -0.4 is 21.9 Å². The van der Waals surface area contributed by atoms with Crippen molar-refractivity contribution in [3.05, 3.63) is 62.3 Å². The minimum Gasteiger partial charge on any atom is -0.329 e. The molecule has 3 rings (SSSR count). The molecule has 1 aliphatic rings. The number of fused-ring (bicyclic) bond motifs is 1. The van der Waals surface area contributed by atoms with Gasteiger partial charge in [-0.3, -0.25) is 23.9 Å². The number of halogens is 4. The number of alkyl halides is 4. The van der Waals surface area contributed by atoms with Crippen LogP contribution in [0.25, 0.3) is 0 Å². The molecule has 0 fully saturated rings. The van der Waals surface area contributed by atoms with Crippen molar-refractivity contribution in [1.82, 2.24) is 14.9 Å². The third kappa shape index (κ3) is 2.97. The van der Waals surface area contributed by atoms with E-state index in [1.165, 1.54) is 5.32 Å². The molecule has 12 heteroatoms. The number of nitrogens with zero attached hydrogens (tertiary/aromatic N) is 1. The van der Waals surface area contributed by atoms with Crippen LogP contribution in [0.15, 0.2) is 39.9 Å². The molecular weight excluding hydrogens is 405 g/mol. The first-order valence-corrected chi connectivity index (χ1v) is 8.32. The first-order valence-electron chi connectivity index (χ1n) is 7.78. The minimum absolute atomic E-state index is 0.226. The molecule has 8 nitrogen and oxygen atoms in total. The number of nitrogens with one attached hydrogen (secondary N) is 3. The Bertz CT molecular complexity index is 1060. The average Bonchev–Trinajstić information content (AvgIpc) is 2.93. The van der Waals surface area contributed by atoms with E-state index in [9.17, 15) is 32.3 Å². The lowest BCUT2D eigenvalue weighted by atomic mass is 9.92. The number of aromatic nitrogens is 2. The van der Waals surface area contributed by atoms with Gasteiger partial charge in [-0.05, 0) is 5.56 Å². The number of carbonyl (C=O) groups is 2. The van der Waals surface area contributed by atoms with Gasteiger partial charge in [0.1, 0.15) is 17.3 Å². The number of hydrogen-bond donors (Lipinski definition) is 3. The fraction of sp³-hybridized carbons (Fsp3) is 0.250. The summed E-state index contributed by atoms with van der Waals surface area (Å²) < 4.78 is 42.5. The Morgan fingerprint density at radius 3 is 2.39 bits per heavy atom. The van der Waals surface area contributed by atoms with E-state index in [0.29, 0.717) is 5.56 Å². The number of carbonyl (C=O) groups excluding carboxylic acids is 2. The lowest BCUT2D eigenvalue weighted by molar-refractivity contribution is -0.200. The average molecular weight is 417 g/mol. The molecule has 2 heterocycles. The van der Waals surface area contributed by atoms with E-state index in [4.69, 9.17) is 11.6 Å². The highest BCUT2D eigenvalue weighted by Crippen LogP contribution is 2.44. The molecule has 3 N–H and O–H groups in total. The van der Waals surface area contributed by atoms with Crippen molar-refractivity contribution in [2.45, 2.75) is 18.3 Å². The Balaban J connectivity index is 2.28. The molecule has 0 saturated heterocycles. The molecule has 28 heavy (non-hydrogen) atoms. The van der Waals surface area contributed by atoms with Gasteiger partial charge in [-0.2, -0.15) is 13.2 Å². The maximum Gasteiger partial charge on any atom is 0.425 e. The lowest BCUT2D eigenvalue weighted by Gasteiger charge is -2.29. The van der Waals surface area contributed by atoms with Crippen molar-refractivity contribution < 1.29 is 22.8 Å². The van der Waals surface area contributed by atoms with E-state index >= 15 is 0 Å². The van der Waals surface area contributed by atoms with Gasteiger partial charge in [-0.1, -0.05) is 30.3 Å². The smallest absolute Gasteiger partial charge is 0.329 e. The zero-order valence-corrected chi connectivity index (χ0v) is 14.6. The summed E-state index contributed by atoms with van der Waals surface area (Å²) in [5.41, 5.74) is -6.74. The summed E-state index contributed by atoms with van der Waals surface area (Å²) >= 11 is 5.27. The third-order valence-corrected chi connectivity index (χ3v) is 4.45. The summed E-state index contributed by atoms with van der Waals surface area (Å²) in [5, 5.41) is 3.42. The van der Waals surface area contributed by atoms with Crippen LogP contribution in [0.3, 0.4) is 0 Å². The monoisotopic (exact) mass is 416 g/mol. The molecule has 0 bridgehead atoms. The Morgan fingerprint density at radius 2 is 1.82 bits per heavy atom. The van der Waals surface area contributed by atoms with Crippen LogP contribution in [0.1, 0.15) is 11.1 Å². The van der Waals surface area contributed by atoms with Crippen LogP contribution >= 0.6 is 11.6 Å². The number of hydrogen-bond acceptors (Lipinski definition) is 4. The fourth-order valence-corrected chi connectivity index (χ4v) is 3.05. The van der Waals surface area contributed by atoms with Crippen molar-refractivity contribution in [3.63, 3.8) is 0 Å². The van der Waals surface area contributed by atoms with Gasteiger partial charge in [0, 0.05) is 0 Å². The second-order valence-corrected chi connectivity index (χ2v) is 6.21. The molecule has 0 aliphatic carbocycles. The molecule has 1 aliphatic heterocycles. The molecule has 1 aromatic heterocycles.